The van der Waals surface area contributed by atoms with E-state index in [0.29, 0.717) is 17.7 Å². The van der Waals surface area contributed by atoms with Crippen molar-refractivity contribution in [2.24, 2.45) is 5.73 Å². The minimum absolute atomic E-state index is 0.0856. The number of thiocarbonyl (C=S) groups is 1. The first-order valence-corrected chi connectivity index (χ1v) is 6.71. The lowest BCUT2D eigenvalue weighted by Crippen LogP contribution is -2.18. The van der Waals surface area contributed by atoms with Crippen LogP contribution >= 0.6 is 12.2 Å². The summed E-state index contributed by atoms with van der Waals surface area (Å²) in [5.41, 5.74) is 9.12. The molecular formula is C16H16N2OS. The maximum Gasteiger partial charge on any atom is 0.228 e. The monoisotopic (exact) mass is 284 g/mol. The molecule has 0 bridgehead atoms. The van der Waals surface area contributed by atoms with Gasteiger partial charge in [0.2, 0.25) is 5.91 Å². The SMILES string of the molecule is Cc1ccc(CC(=O)Nc2ccccc2C(N)=S)cc1. The van der Waals surface area contributed by atoms with E-state index in [2.05, 4.69) is 5.32 Å². The summed E-state index contributed by atoms with van der Waals surface area (Å²) in [5, 5.41) is 2.85. The Morgan fingerprint density at radius 1 is 1.15 bits per heavy atom. The van der Waals surface area contributed by atoms with Crippen molar-refractivity contribution >= 4 is 28.8 Å². The third-order valence-corrected chi connectivity index (χ3v) is 3.17. The molecule has 0 saturated carbocycles. The second-order valence-electron chi connectivity index (χ2n) is 4.62. The van der Waals surface area contributed by atoms with Gasteiger partial charge in [-0.05, 0) is 24.6 Å². The van der Waals surface area contributed by atoms with Crippen LogP contribution in [-0.4, -0.2) is 10.9 Å². The minimum Gasteiger partial charge on any atom is -0.389 e. The third-order valence-electron chi connectivity index (χ3n) is 2.95. The second kappa shape index (κ2) is 6.30. The molecule has 0 aliphatic rings. The van der Waals surface area contributed by atoms with E-state index in [4.69, 9.17) is 18.0 Å². The molecule has 102 valence electrons. The normalized spacial score (nSPS) is 10.1. The van der Waals surface area contributed by atoms with Gasteiger partial charge < -0.3 is 11.1 Å². The zero-order valence-corrected chi connectivity index (χ0v) is 12.0. The van der Waals surface area contributed by atoms with Gasteiger partial charge in [-0.3, -0.25) is 4.79 Å². The van der Waals surface area contributed by atoms with Crippen molar-refractivity contribution in [2.45, 2.75) is 13.3 Å². The zero-order chi connectivity index (χ0) is 14.5. The fourth-order valence-electron chi connectivity index (χ4n) is 1.89. The number of hydrogen-bond acceptors (Lipinski definition) is 2. The molecule has 0 unspecified atom stereocenters. The Morgan fingerprint density at radius 2 is 1.80 bits per heavy atom. The quantitative estimate of drug-likeness (QED) is 0.849. The van der Waals surface area contributed by atoms with Crippen molar-refractivity contribution in [3.8, 4) is 0 Å². The highest BCUT2D eigenvalue weighted by Crippen LogP contribution is 2.15. The maximum absolute atomic E-state index is 12.0. The van der Waals surface area contributed by atoms with E-state index in [1.54, 1.807) is 12.1 Å². The van der Waals surface area contributed by atoms with Crippen LogP contribution in [0.2, 0.25) is 0 Å². The Morgan fingerprint density at radius 3 is 2.45 bits per heavy atom. The Bertz CT molecular complexity index is 635. The number of benzene rings is 2. The van der Waals surface area contributed by atoms with Gasteiger partial charge in [-0.15, -0.1) is 0 Å². The molecule has 0 fully saturated rings. The third kappa shape index (κ3) is 3.65. The van der Waals surface area contributed by atoms with E-state index in [-0.39, 0.29) is 10.9 Å². The fourth-order valence-corrected chi connectivity index (χ4v) is 2.07. The second-order valence-corrected chi connectivity index (χ2v) is 5.06. The number of nitrogens with two attached hydrogens (primary N) is 1. The minimum atomic E-state index is -0.0856. The molecule has 0 aliphatic heterocycles. The molecule has 3 nitrogen and oxygen atoms in total. The standard InChI is InChI=1S/C16H16N2OS/c1-11-6-8-12(9-7-11)10-15(19)18-14-5-3-2-4-13(14)16(17)20/h2-9H,10H2,1H3,(H2,17,20)(H,18,19). The lowest BCUT2D eigenvalue weighted by molar-refractivity contribution is -0.115. The molecule has 0 saturated heterocycles. The summed E-state index contributed by atoms with van der Waals surface area (Å²) in [6.07, 6.45) is 0.325. The number of hydrogen-bond donors (Lipinski definition) is 2. The Hall–Kier alpha value is -2.20. The highest BCUT2D eigenvalue weighted by Gasteiger charge is 2.08. The molecule has 4 heteroatoms. The van der Waals surface area contributed by atoms with Crippen LogP contribution in [0.5, 0.6) is 0 Å². The Kier molecular flexibility index (Phi) is 4.48. The van der Waals surface area contributed by atoms with E-state index in [9.17, 15) is 4.79 Å². The van der Waals surface area contributed by atoms with Crippen LogP contribution in [0.4, 0.5) is 5.69 Å². The largest absolute Gasteiger partial charge is 0.389 e. The molecule has 0 radical (unpaired) electrons. The number of carbonyl (C=O) groups is 1. The topological polar surface area (TPSA) is 55.1 Å². The first-order valence-electron chi connectivity index (χ1n) is 6.30. The summed E-state index contributed by atoms with van der Waals surface area (Å²) < 4.78 is 0. The van der Waals surface area contributed by atoms with Crippen LogP contribution in [0, 0.1) is 6.92 Å². The summed E-state index contributed by atoms with van der Waals surface area (Å²) in [5.74, 6) is -0.0856. The molecule has 20 heavy (non-hydrogen) atoms. The zero-order valence-electron chi connectivity index (χ0n) is 11.2. The summed E-state index contributed by atoms with van der Waals surface area (Å²) in [4.78, 5) is 12.3. The molecule has 2 rings (SSSR count). The van der Waals surface area contributed by atoms with Gasteiger partial charge in [0.1, 0.15) is 4.99 Å². The summed E-state index contributed by atoms with van der Waals surface area (Å²) >= 11 is 4.97. The van der Waals surface area contributed by atoms with Crippen molar-refractivity contribution in [1.82, 2.24) is 0 Å². The number of aryl methyl sites for hydroxylation is 1. The van der Waals surface area contributed by atoms with Crippen molar-refractivity contribution < 1.29 is 4.79 Å². The number of amides is 1. The molecule has 2 aromatic carbocycles. The van der Waals surface area contributed by atoms with Crippen LogP contribution in [0.3, 0.4) is 0 Å². The van der Waals surface area contributed by atoms with Gasteiger partial charge in [0, 0.05) is 5.56 Å². The summed E-state index contributed by atoms with van der Waals surface area (Å²) in [7, 11) is 0. The molecule has 2 aromatic rings. The van der Waals surface area contributed by atoms with Crippen LogP contribution < -0.4 is 11.1 Å². The van der Waals surface area contributed by atoms with Gasteiger partial charge in [0.25, 0.3) is 0 Å². The van der Waals surface area contributed by atoms with Gasteiger partial charge >= 0.3 is 0 Å². The number of carbonyl (C=O) groups excluding carboxylic acids is 1. The number of anilines is 1. The van der Waals surface area contributed by atoms with Gasteiger partial charge in [-0.25, -0.2) is 0 Å². The highest BCUT2D eigenvalue weighted by atomic mass is 32.1. The van der Waals surface area contributed by atoms with Crippen LogP contribution in [0.1, 0.15) is 16.7 Å². The maximum atomic E-state index is 12.0. The first-order chi connectivity index (χ1) is 9.56. The molecule has 0 heterocycles. The van der Waals surface area contributed by atoms with Crippen molar-refractivity contribution in [2.75, 3.05) is 5.32 Å². The predicted molar refractivity (Wildman–Crippen MR) is 85.8 cm³/mol. The highest BCUT2D eigenvalue weighted by molar-refractivity contribution is 7.80. The van der Waals surface area contributed by atoms with Gasteiger partial charge in [0.15, 0.2) is 0 Å². The van der Waals surface area contributed by atoms with E-state index in [1.807, 2.05) is 43.3 Å². The van der Waals surface area contributed by atoms with E-state index in [0.717, 1.165) is 5.56 Å². The molecule has 0 atom stereocenters. The van der Waals surface area contributed by atoms with Crippen molar-refractivity contribution in [3.05, 3.63) is 65.2 Å². The Labute approximate surface area is 123 Å². The lowest BCUT2D eigenvalue weighted by Gasteiger charge is -2.10. The van der Waals surface area contributed by atoms with Crippen LogP contribution in [0.15, 0.2) is 48.5 Å². The van der Waals surface area contributed by atoms with Crippen LogP contribution in [0.25, 0.3) is 0 Å². The molecule has 0 spiro atoms. The van der Waals surface area contributed by atoms with Crippen LogP contribution in [-0.2, 0) is 11.2 Å². The van der Waals surface area contributed by atoms with E-state index < -0.39 is 0 Å². The van der Waals surface area contributed by atoms with Gasteiger partial charge in [-0.1, -0.05) is 54.2 Å². The molecule has 0 aliphatic carbocycles. The predicted octanol–water partition coefficient (Wildman–Crippen LogP) is 2.81. The Balaban J connectivity index is 2.08. The fraction of sp³-hybridized carbons (Fsp3) is 0.125. The van der Waals surface area contributed by atoms with Crippen molar-refractivity contribution in [1.29, 1.82) is 0 Å². The number of para-hydroxylation sites is 1. The average molecular weight is 284 g/mol. The van der Waals surface area contributed by atoms with E-state index in [1.165, 1.54) is 5.56 Å². The molecule has 1 amide bonds. The van der Waals surface area contributed by atoms with E-state index >= 15 is 0 Å². The van der Waals surface area contributed by atoms with Gasteiger partial charge in [0.05, 0.1) is 12.1 Å². The molecule has 3 N–H and O–H groups in total. The number of rotatable bonds is 4. The molecular weight excluding hydrogens is 268 g/mol. The lowest BCUT2D eigenvalue weighted by atomic mass is 10.1. The van der Waals surface area contributed by atoms with Gasteiger partial charge in [-0.2, -0.15) is 0 Å². The molecule has 0 aromatic heterocycles. The average Bonchev–Trinajstić information content (AvgIpc) is 2.41. The first kappa shape index (κ1) is 14.2. The summed E-state index contributed by atoms with van der Waals surface area (Å²) in [6.45, 7) is 2.02. The number of nitrogens with one attached hydrogen (secondary N) is 1. The van der Waals surface area contributed by atoms with Crippen molar-refractivity contribution in [3.63, 3.8) is 0 Å². The summed E-state index contributed by atoms with van der Waals surface area (Å²) in [6, 6.07) is 15.2. The smallest absolute Gasteiger partial charge is 0.228 e.